The largest absolute Gasteiger partial charge is 0.478 e. The monoisotopic (exact) mass is 292 g/mol. The fourth-order valence-electron chi connectivity index (χ4n) is 2.03. The van der Waals surface area contributed by atoms with E-state index in [0.717, 1.165) is 18.4 Å². The highest BCUT2D eigenvalue weighted by Crippen LogP contribution is 2.08. The Kier molecular flexibility index (Phi) is 7.29. The number of carboxylic acids is 1. The van der Waals surface area contributed by atoms with E-state index < -0.39 is 5.97 Å². The molecule has 1 aromatic rings. The molecule has 0 spiro atoms. The van der Waals surface area contributed by atoms with Gasteiger partial charge >= 0.3 is 12.0 Å². The topological polar surface area (TPSA) is 78.4 Å². The fraction of sp³-hybridized carbons (Fsp3) is 0.500. The highest BCUT2D eigenvalue weighted by Gasteiger charge is 2.08. The van der Waals surface area contributed by atoms with Crippen molar-refractivity contribution in [3.8, 4) is 0 Å². The summed E-state index contributed by atoms with van der Waals surface area (Å²) in [4.78, 5) is 22.6. The highest BCUT2D eigenvalue weighted by molar-refractivity contribution is 5.89. The predicted molar refractivity (Wildman–Crippen MR) is 82.6 cm³/mol. The summed E-state index contributed by atoms with van der Waals surface area (Å²) in [6.07, 6.45) is 2.56. The zero-order valence-electron chi connectivity index (χ0n) is 12.7. The number of hydrogen-bond acceptors (Lipinski definition) is 2. The summed E-state index contributed by atoms with van der Waals surface area (Å²) in [6.45, 7) is 5.38. The van der Waals surface area contributed by atoms with Gasteiger partial charge in [-0.25, -0.2) is 9.59 Å². The maximum Gasteiger partial charge on any atom is 0.335 e. The number of carbonyl (C=O) groups is 2. The first kappa shape index (κ1) is 17.0. The van der Waals surface area contributed by atoms with Crippen molar-refractivity contribution < 1.29 is 14.7 Å². The molecule has 0 saturated carbocycles. The second-order valence-corrected chi connectivity index (χ2v) is 5.43. The number of aromatic carboxylic acids is 1. The second-order valence-electron chi connectivity index (χ2n) is 5.43. The summed E-state index contributed by atoms with van der Waals surface area (Å²) in [5.41, 5.74) is 1.02. The predicted octanol–water partition coefficient (Wildman–Crippen LogP) is 2.66. The van der Waals surface area contributed by atoms with Crippen LogP contribution in [-0.4, -0.2) is 30.2 Å². The van der Waals surface area contributed by atoms with Crippen molar-refractivity contribution in [1.82, 2.24) is 10.6 Å². The van der Waals surface area contributed by atoms with Crippen LogP contribution < -0.4 is 10.6 Å². The Morgan fingerprint density at radius 2 is 1.81 bits per heavy atom. The maximum absolute atomic E-state index is 11.6. The van der Waals surface area contributed by atoms with E-state index in [2.05, 4.69) is 24.5 Å². The molecule has 0 saturated heterocycles. The van der Waals surface area contributed by atoms with Gasteiger partial charge < -0.3 is 15.7 Å². The molecule has 0 aliphatic heterocycles. The minimum atomic E-state index is -0.941. The second kappa shape index (κ2) is 9.00. The van der Waals surface area contributed by atoms with Crippen LogP contribution in [0.4, 0.5) is 4.79 Å². The molecule has 5 nitrogen and oxygen atoms in total. The zero-order chi connectivity index (χ0) is 15.7. The Morgan fingerprint density at radius 3 is 2.48 bits per heavy atom. The smallest absolute Gasteiger partial charge is 0.335 e. The Bertz CT molecular complexity index is 472. The molecule has 0 heterocycles. The third-order valence-corrected chi connectivity index (χ3v) is 3.17. The Morgan fingerprint density at radius 1 is 1.14 bits per heavy atom. The molecule has 1 rings (SSSR count). The molecule has 0 atom stereocenters. The molecule has 3 N–H and O–H groups in total. The molecule has 0 bridgehead atoms. The normalized spacial score (nSPS) is 10.4. The first-order valence-corrected chi connectivity index (χ1v) is 7.33. The lowest BCUT2D eigenvalue weighted by Gasteiger charge is -2.09. The molecule has 0 unspecified atom stereocenters. The summed E-state index contributed by atoms with van der Waals surface area (Å²) in [7, 11) is 0. The number of benzene rings is 1. The first-order valence-electron chi connectivity index (χ1n) is 7.33. The lowest BCUT2D eigenvalue weighted by atomic mass is 10.0. The molecule has 21 heavy (non-hydrogen) atoms. The van der Waals surface area contributed by atoms with Gasteiger partial charge in [-0.3, -0.25) is 0 Å². The Hall–Kier alpha value is -2.04. The van der Waals surface area contributed by atoms with Crippen molar-refractivity contribution in [2.24, 2.45) is 5.92 Å². The van der Waals surface area contributed by atoms with Crippen LogP contribution >= 0.6 is 0 Å². The van der Waals surface area contributed by atoms with Gasteiger partial charge in [0.25, 0.3) is 0 Å². The van der Waals surface area contributed by atoms with Gasteiger partial charge in [0.15, 0.2) is 0 Å². The summed E-state index contributed by atoms with van der Waals surface area (Å²) >= 11 is 0. The molecule has 5 heteroatoms. The Balaban J connectivity index is 2.27. The zero-order valence-corrected chi connectivity index (χ0v) is 12.7. The third-order valence-electron chi connectivity index (χ3n) is 3.17. The van der Waals surface area contributed by atoms with Crippen LogP contribution in [0.5, 0.6) is 0 Å². The van der Waals surface area contributed by atoms with E-state index >= 15 is 0 Å². The number of urea groups is 1. The Labute approximate surface area is 125 Å². The number of nitrogens with one attached hydrogen (secondary N) is 2. The van der Waals surface area contributed by atoms with Crippen molar-refractivity contribution in [3.05, 3.63) is 35.4 Å². The van der Waals surface area contributed by atoms with Crippen LogP contribution in [-0.2, 0) is 6.42 Å². The van der Waals surface area contributed by atoms with Gasteiger partial charge in [-0.05, 0) is 36.8 Å². The van der Waals surface area contributed by atoms with Crippen molar-refractivity contribution in [2.75, 3.05) is 13.1 Å². The molecule has 116 valence electrons. The molecule has 0 aliphatic rings. The number of carbonyl (C=O) groups excluding carboxylic acids is 1. The van der Waals surface area contributed by atoms with Crippen molar-refractivity contribution in [2.45, 2.75) is 33.1 Å². The average Bonchev–Trinajstić information content (AvgIpc) is 2.44. The van der Waals surface area contributed by atoms with Crippen LogP contribution in [0.25, 0.3) is 0 Å². The van der Waals surface area contributed by atoms with Gasteiger partial charge in [0.1, 0.15) is 0 Å². The van der Waals surface area contributed by atoms with Crippen LogP contribution in [0.15, 0.2) is 24.3 Å². The van der Waals surface area contributed by atoms with E-state index in [0.29, 0.717) is 25.4 Å². The van der Waals surface area contributed by atoms with Crippen LogP contribution in [0.2, 0.25) is 0 Å². The lowest BCUT2D eigenvalue weighted by Crippen LogP contribution is -2.37. The molecule has 0 fully saturated rings. The van der Waals surface area contributed by atoms with E-state index in [-0.39, 0.29) is 11.6 Å². The van der Waals surface area contributed by atoms with Gasteiger partial charge in [-0.2, -0.15) is 0 Å². The summed E-state index contributed by atoms with van der Waals surface area (Å²) in [6, 6.07) is 6.64. The number of rotatable bonds is 8. The summed E-state index contributed by atoms with van der Waals surface area (Å²) in [5.74, 6) is -0.300. The minimum Gasteiger partial charge on any atom is -0.478 e. The van der Waals surface area contributed by atoms with Gasteiger partial charge in [0.05, 0.1) is 5.56 Å². The molecule has 0 radical (unpaired) electrons. The van der Waals surface area contributed by atoms with Gasteiger partial charge in [0, 0.05) is 13.1 Å². The number of hydrogen-bond donors (Lipinski definition) is 3. The summed E-state index contributed by atoms with van der Waals surface area (Å²) in [5, 5.41) is 14.6. The lowest BCUT2D eigenvalue weighted by molar-refractivity contribution is 0.0695. The fourth-order valence-corrected chi connectivity index (χ4v) is 2.03. The van der Waals surface area contributed by atoms with Gasteiger partial charge in [-0.1, -0.05) is 32.0 Å². The van der Waals surface area contributed by atoms with E-state index in [4.69, 9.17) is 5.11 Å². The molecular formula is C16H24N2O3. The van der Waals surface area contributed by atoms with E-state index in [1.165, 1.54) is 0 Å². The van der Waals surface area contributed by atoms with Crippen LogP contribution in [0.3, 0.4) is 0 Å². The van der Waals surface area contributed by atoms with Crippen LogP contribution in [0, 0.1) is 5.92 Å². The molecule has 0 aromatic heterocycles. The SMILES string of the molecule is CC(C)CCCNC(=O)NCCc1ccccc1C(=O)O. The average molecular weight is 292 g/mol. The van der Waals surface area contributed by atoms with Crippen molar-refractivity contribution >= 4 is 12.0 Å². The summed E-state index contributed by atoms with van der Waals surface area (Å²) < 4.78 is 0. The van der Waals surface area contributed by atoms with Gasteiger partial charge in [-0.15, -0.1) is 0 Å². The maximum atomic E-state index is 11.6. The first-order chi connectivity index (χ1) is 10.0. The van der Waals surface area contributed by atoms with E-state index in [1.807, 2.05) is 0 Å². The highest BCUT2D eigenvalue weighted by atomic mass is 16.4. The molecular weight excluding hydrogens is 268 g/mol. The van der Waals surface area contributed by atoms with E-state index in [1.54, 1.807) is 24.3 Å². The quantitative estimate of drug-likeness (QED) is 0.645. The van der Waals surface area contributed by atoms with Crippen molar-refractivity contribution in [1.29, 1.82) is 0 Å². The van der Waals surface area contributed by atoms with Crippen LogP contribution in [0.1, 0.15) is 42.6 Å². The molecule has 1 aromatic carbocycles. The molecule has 0 aliphatic carbocycles. The van der Waals surface area contributed by atoms with E-state index in [9.17, 15) is 9.59 Å². The number of amides is 2. The van der Waals surface area contributed by atoms with Gasteiger partial charge in [0.2, 0.25) is 0 Å². The number of carboxylic acid groups (broad SMARTS) is 1. The standard InChI is InChI=1S/C16H24N2O3/c1-12(2)6-5-10-17-16(21)18-11-9-13-7-3-4-8-14(13)15(19)20/h3-4,7-8,12H,5-6,9-11H2,1-2H3,(H,19,20)(H2,17,18,21). The third kappa shape index (κ3) is 6.79. The van der Waals surface area contributed by atoms with Crippen molar-refractivity contribution in [3.63, 3.8) is 0 Å². The molecule has 2 amide bonds. The minimum absolute atomic E-state index is 0.202.